The van der Waals surface area contributed by atoms with Gasteiger partial charge < -0.3 is 15.3 Å². The van der Waals surface area contributed by atoms with Crippen molar-refractivity contribution in [3.63, 3.8) is 0 Å². The molecule has 3 N–H and O–H groups in total. The van der Waals surface area contributed by atoms with Gasteiger partial charge in [-0.25, -0.2) is 9.78 Å². The summed E-state index contributed by atoms with van der Waals surface area (Å²) < 4.78 is 0. The van der Waals surface area contributed by atoms with Crippen LogP contribution in [0.3, 0.4) is 0 Å². The van der Waals surface area contributed by atoms with Crippen LogP contribution in [0.25, 0.3) is 11.0 Å². The zero-order chi connectivity index (χ0) is 16.7. The van der Waals surface area contributed by atoms with Crippen LogP contribution < -0.4 is 11.0 Å². The van der Waals surface area contributed by atoms with Crippen molar-refractivity contribution in [3.8, 4) is 0 Å². The van der Waals surface area contributed by atoms with Gasteiger partial charge >= 0.3 is 5.69 Å². The molecule has 0 saturated carbocycles. The molecule has 1 aliphatic rings. The van der Waals surface area contributed by atoms with Crippen LogP contribution in [-0.2, 0) is 12.8 Å². The number of aromatic amines is 2. The van der Waals surface area contributed by atoms with E-state index < -0.39 is 0 Å². The Balaban J connectivity index is 1.53. The summed E-state index contributed by atoms with van der Waals surface area (Å²) in [7, 11) is 0. The number of amides is 1. The molecule has 0 radical (unpaired) electrons. The summed E-state index contributed by atoms with van der Waals surface area (Å²) in [5.41, 5.74) is 2.77. The quantitative estimate of drug-likeness (QED) is 0.683. The number of aromatic nitrogens is 3. The summed E-state index contributed by atoms with van der Waals surface area (Å²) in [6.45, 7) is 1.96. The minimum Gasteiger partial charge on any atom is -0.343 e. The number of rotatable bonds is 3. The molecule has 0 spiro atoms. The van der Waals surface area contributed by atoms with E-state index >= 15 is 0 Å². The van der Waals surface area contributed by atoms with Crippen LogP contribution in [0, 0.1) is 0 Å². The average Bonchev–Trinajstić information content (AvgIpc) is 3.15. The molecule has 0 saturated heterocycles. The number of carbonyl (C=O) groups is 1. The summed E-state index contributed by atoms with van der Waals surface area (Å²) in [6.07, 6.45) is 4.57. The van der Waals surface area contributed by atoms with Crippen LogP contribution in [-0.4, -0.2) is 20.9 Å². The monoisotopic (exact) mass is 342 g/mol. The number of hydrogen-bond acceptors (Lipinski definition) is 4. The first-order valence-corrected chi connectivity index (χ1v) is 8.93. The third kappa shape index (κ3) is 2.75. The van der Waals surface area contributed by atoms with E-state index in [0.29, 0.717) is 16.6 Å². The number of fused-ring (bicyclic) bond motifs is 2. The lowest BCUT2D eigenvalue weighted by molar-refractivity contribution is 0.0940. The van der Waals surface area contributed by atoms with E-state index in [-0.39, 0.29) is 17.6 Å². The number of nitrogens with one attached hydrogen (secondary N) is 3. The second kappa shape index (κ2) is 5.90. The van der Waals surface area contributed by atoms with Crippen molar-refractivity contribution in [2.24, 2.45) is 0 Å². The first-order valence-electron chi connectivity index (χ1n) is 8.11. The summed E-state index contributed by atoms with van der Waals surface area (Å²) in [5.74, 6) is -0.167. The highest BCUT2D eigenvalue weighted by Crippen LogP contribution is 2.29. The van der Waals surface area contributed by atoms with Gasteiger partial charge in [0.1, 0.15) is 5.01 Å². The molecule has 3 aromatic rings. The van der Waals surface area contributed by atoms with Crippen molar-refractivity contribution in [2.45, 2.75) is 38.6 Å². The van der Waals surface area contributed by atoms with Crippen LogP contribution in [0.5, 0.6) is 0 Å². The van der Waals surface area contributed by atoms with E-state index in [1.54, 1.807) is 29.5 Å². The van der Waals surface area contributed by atoms with Crippen LogP contribution in [0.2, 0.25) is 0 Å². The van der Waals surface area contributed by atoms with E-state index in [4.69, 9.17) is 4.98 Å². The van der Waals surface area contributed by atoms with Gasteiger partial charge in [-0.3, -0.25) is 4.79 Å². The molecular weight excluding hydrogens is 324 g/mol. The third-order valence-corrected chi connectivity index (χ3v) is 5.70. The van der Waals surface area contributed by atoms with Crippen LogP contribution >= 0.6 is 11.3 Å². The molecule has 24 heavy (non-hydrogen) atoms. The fourth-order valence-corrected chi connectivity index (χ4v) is 4.23. The van der Waals surface area contributed by atoms with Gasteiger partial charge in [-0.05, 0) is 50.8 Å². The third-order valence-electron chi connectivity index (χ3n) is 4.36. The van der Waals surface area contributed by atoms with E-state index in [2.05, 4.69) is 15.3 Å². The number of hydrogen-bond donors (Lipinski definition) is 3. The number of thiazole rings is 1. The number of nitrogens with zero attached hydrogens (tertiary/aromatic N) is 1. The Kier molecular flexibility index (Phi) is 3.72. The first-order chi connectivity index (χ1) is 11.6. The molecule has 1 atom stereocenters. The Labute approximate surface area is 142 Å². The van der Waals surface area contributed by atoms with Gasteiger partial charge in [0, 0.05) is 10.4 Å². The fraction of sp³-hybridized carbons (Fsp3) is 0.353. The van der Waals surface area contributed by atoms with Gasteiger partial charge in [0.2, 0.25) is 0 Å². The van der Waals surface area contributed by atoms with E-state index in [1.165, 1.54) is 23.4 Å². The van der Waals surface area contributed by atoms with Crippen LogP contribution in [0.4, 0.5) is 0 Å². The van der Waals surface area contributed by atoms with Crippen molar-refractivity contribution in [3.05, 3.63) is 49.8 Å². The number of benzene rings is 1. The summed E-state index contributed by atoms with van der Waals surface area (Å²) in [5, 5.41) is 3.96. The molecule has 0 fully saturated rings. The maximum absolute atomic E-state index is 12.5. The molecule has 1 aliphatic carbocycles. The second-order valence-electron chi connectivity index (χ2n) is 6.16. The Hall–Kier alpha value is -2.41. The molecule has 6 nitrogen and oxygen atoms in total. The Morgan fingerprint density at radius 1 is 1.25 bits per heavy atom. The predicted molar refractivity (Wildman–Crippen MR) is 93.6 cm³/mol. The lowest BCUT2D eigenvalue weighted by Gasteiger charge is -2.11. The van der Waals surface area contributed by atoms with Crippen LogP contribution in [0.1, 0.15) is 51.7 Å². The smallest absolute Gasteiger partial charge is 0.323 e. The average molecular weight is 342 g/mol. The van der Waals surface area contributed by atoms with Gasteiger partial charge in [-0.15, -0.1) is 11.3 Å². The number of H-pyrrole nitrogens is 2. The fourth-order valence-electron chi connectivity index (χ4n) is 3.07. The van der Waals surface area contributed by atoms with Crippen LogP contribution in [0.15, 0.2) is 23.0 Å². The number of carbonyl (C=O) groups excluding carboxylic acids is 1. The summed E-state index contributed by atoms with van der Waals surface area (Å²) >= 11 is 1.71. The Morgan fingerprint density at radius 3 is 2.88 bits per heavy atom. The molecule has 2 aromatic heterocycles. The maximum atomic E-state index is 12.5. The molecule has 4 rings (SSSR count). The minimum absolute atomic E-state index is 0.130. The zero-order valence-electron chi connectivity index (χ0n) is 13.3. The van der Waals surface area contributed by atoms with Crippen molar-refractivity contribution in [1.82, 2.24) is 20.3 Å². The normalized spacial score (nSPS) is 15.2. The minimum atomic E-state index is -0.274. The summed E-state index contributed by atoms with van der Waals surface area (Å²) in [6, 6.07) is 4.99. The molecule has 0 unspecified atom stereocenters. The molecule has 0 aliphatic heterocycles. The van der Waals surface area contributed by atoms with Gasteiger partial charge in [0.15, 0.2) is 0 Å². The lowest BCUT2D eigenvalue weighted by atomic mass is 10.0. The van der Waals surface area contributed by atoms with Crippen molar-refractivity contribution >= 4 is 28.3 Å². The molecule has 124 valence electrons. The van der Waals surface area contributed by atoms with E-state index in [9.17, 15) is 9.59 Å². The topological polar surface area (TPSA) is 90.6 Å². The highest BCUT2D eigenvalue weighted by atomic mass is 32.1. The number of aryl methyl sites for hydroxylation is 2. The van der Waals surface area contributed by atoms with Crippen molar-refractivity contribution in [1.29, 1.82) is 0 Å². The molecule has 0 bridgehead atoms. The zero-order valence-corrected chi connectivity index (χ0v) is 14.1. The predicted octanol–water partition coefficient (Wildman–Crippen LogP) is 2.68. The van der Waals surface area contributed by atoms with Crippen molar-refractivity contribution < 1.29 is 4.79 Å². The highest BCUT2D eigenvalue weighted by molar-refractivity contribution is 7.11. The Morgan fingerprint density at radius 2 is 2.04 bits per heavy atom. The SMILES string of the molecule is C[C@@H](NC(=O)c1ccc2[nH]c(=O)[nH]c2c1)c1nc2c(s1)CCCC2. The molecular formula is C17H18N4O2S. The van der Waals surface area contributed by atoms with Gasteiger partial charge in [0.05, 0.1) is 22.8 Å². The standard InChI is InChI=1S/C17H18N4O2S/c1-9(16-19-12-4-2-3-5-14(12)24-16)18-15(22)10-6-7-11-13(8-10)21-17(23)20-11/h6-9H,2-5H2,1H3,(H,18,22)(H2,20,21,23)/t9-/m1/s1. The lowest BCUT2D eigenvalue weighted by Crippen LogP contribution is -2.26. The molecule has 1 aromatic carbocycles. The van der Waals surface area contributed by atoms with Gasteiger partial charge in [-0.1, -0.05) is 0 Å². The molecule has 1 amide bonds. The highest BCUT2D eigenvalue weighted by Gasteiger charge is 2.20. The first kappa shape index (κ1) is 15.1. The molecule has 7 heteroatoms. The van der Waals surface area contributed by atoms with E-state index in [0.717, 1.165) is 17.8 Å². The largest absolute Gasteiger partial charge is 0.343 e. The second-order valence-corrected chi connectivity index (χ2v) is 7.28. The maximum Gasteiger partial charge on any atom is 0.323 e. The molecule has 2 heterocycles. The van der Waals surface area contributed by atoms with Gasteiger partial charge in [-0.2, -0.15) is 0 Å². The van der Waals surface area contributed by atoms with Gasteiger partial charge in [0.25, 0.3) is 5.91 Å². The van der Waals surface area contributed by atoms with E-state index in [1.807, 2.05) is 6.92 Å². The summed E-state index contributed by atoms with van der Waals surface area (Å²) in [4.78, 5) is 35.2. The Bertz CT molecular complexity index is 945. The van der Waals surface area contributed by atoms with Crippen molar-refractivity contribution in [2.75, 3.05) is 0 Å². The number of imidazole rings is 1.